The van der Waals surface area contributed by atoms with E-state index in [1.165, 1.54) is 11.0 Å². The molecular formula is C15H18N2O3. The number of fused-ring (bicyclic) bond motifs is 1. The molecule has 2 heterocycles. The lowest BCUT2D eigenvalue weighted by Gasteiger charge is -2.26. The van der Waals surface area contributed by atoms with Gasteiger partial charge in [0.1, 0.15) is 0 Å². The van der Waals surface area contributed by atoms with Gasteiger partial charge >= 0.3 is 5.76 Å². The number of aryl methyl sites for hydroxylation is 1. The average molecular weight is 274 g/mol. The lowest BCUT2D eigenvalue weighted by Crippen LogP contribution is -2.36. The van der Waals surface area contributed by atoms with Gasteiger partial charge in [0.25, 0.3) is 0 Å². The molecule has 3 rings (SSSR count). The number of piperidine rings is 1. The van der Waals surface area contributed by atoms with Crippen LogP contribution in [-0.4, -0.2) is 28.5 Å². The Kier molecular flexibility index (Phi) is 3.34. The Labute approximate surface area is 116 Å². The number of nitrogens with zero attached hydrogens (tertiary/aromatic N) is 2. The number of amides is 1. The van der Waals surface area contributed by atoms with Gasteiger partial charge in [-0.1, -0.05) is 6.07 Å². The van der Waals surface area contributed by atoms with Crippen LogP contribution in [-0.2, 0) is 18.3 Å². The molecule has 1 saturated heterocycles. The number of hydrogen-bond acceptors (Lipinski definition) is 3. The van der Waals surface area contributed by atoms with Gasteiger partial charge in [-0.2, -0.15) is 0 Å². The zero-order valence-electron chi connectivity index (χ0n) is 11.6. The molecule has 20 heavy (non-hydrogen) atoms. The van der Waals surface area contributed by atoms with Crippen molar-refractivity contribution in [3.05, 3.63) is 34.3 Å². The van der Waals surface area contributed by atoms with Crippen molar-refractivity contribution >= 4 is 17.0 Å². The van der Waals surface area contributed by atoms with Gasteiger partial charge in [-0.15, -0.1) is 0 Å². The fourth-order valence-corrected chi connectivity index (χ4v) is 2.71. The monoisotopic (exact) mass is 274 g/mol. The summed E-state index contributed by atoms with van der Waals surface area (Å²) >= 11 is 0. The molecule has 1 aromatic carbocycles. The van der Waals surface area contributed by atoms with Crippen molar-refractivity contribution in [3.63, 3.8) is 0 Å². The van der Waals surface area contributed by atoms with Crippen molar-refractivity contribution in [2.24, 2.45) is 7.05 Å². The van der Waals surface area contributed by atoms with Crippen LogP contribution in [0.1, 0.15) is 24.8 Å². The third-order valence-electron chi connectivity index (χ3n) is 3.92. The summed E-state index contributed by atoms with van der Waals surface area (Å²) in [5.74, 6) is -0.211. The first-order valence-electron chi connectivity index (χ1n) is 7.01. The lowest BCUT2D eigenvalue weighted by molar-refractivity contribution is -0.131. The quantitative estimate of drug-likeness (QED) is 0.837. The van der Waals surface area contributed by atoms with E-state index in [4.69, 9.17) is 4.42 Å². The molecule has 5 heteroatoms. The molecule has 0 saturated carbocycles. The Balaban J connectivity index is 1.81. The minimum absolute atomic E-state index is 0.164. The van der Waals surface area contributed by atoms with Gasteiger partial charge in [0, 0.05) is 20.1 Å². The molecule has 1 fully saturated rings. The van der Waals surface area contributed by atoms with Crippen LogP contribution in [0.3, 0.4) is 0 Å². The molecule has 0 bridgehead atoms. The summed E-state index contributed by atoms with van der Waals surface area (Å²) in [5, 5.41) is 0. The Morgan fingerprint density at radius 2 is 2.00 bits per heavy atom. The maximum absolute atomic E-state index is 12.2. The minimum atomic E-state index is -0.375. The van der Waals surface area contributed by atoms with Crippen LogP contribution in [0.4, 0.5) is 0 Å². The smallest absolute Gasteiger partial charge is 0.408 e. The number of oxazole rings is 1. The Hall–Kier alpha value is -2.04. The molecule has 0 N–H and O–H groups in total. The maximum atomic E-state index is 12.2. The summed E-state index contributed by atoms with van der Waals surface area (Å²) in [6.07, 6.45) is 3.80. The Morgan fingerprint density at radius 1 is 1.25 bits per heavy atom. The second kappa shape index (κ2) is 5.15. The molecule has 0 atom stereocenters. The minimum Gasteiger partial charge on any atom is -0.408 e. The van der Waals surface area contributed by atoms with Gasteiger partial charge in [-0.05, 0) is 37.0 Å². The number of carbonyl (C=O) groups is 1. The first-order chi connectivity index (χ1) is 9.65. The molecule has 5 nitrogen and oxygen atoms in total. The highest BCUT2D eigenvalue weighted by molar-refractivity contribution is 5.81. The largest absolute Gasteiger partial charge is 0.419 e. The van der Waals surface area contributed by atoms with E-state index in [1.54, 1.807) is 13.1 Å². The van der Waals surface area contributed by atoms with Gasteiger partial charge in [0.2, 0.25) is 5.91 Å². The van der Waals surface area contributed by atoms with E-state index < -0.39 is 0 Å². The molecule has 1 aliphatic rings. The topological polar surface area (TPSA) is 55.5 Å². The zero-order chi connectivity index (χ0) is 14.1. The SMILES string of the molecule is Cn1c(=O)oc2ccc(CC(=O)N3CCCCC3)cc21. The predicted molar refractivity (Wildman–Crippen MR) is 75.6 cm³/mol. The molecule has 1 aromatic heterocycles. The van der Waals surface area contributed by atoms with Crippen LogP contribution >= 0.6 is 0 Å². The lowest BCUT2D eigenvalue weighted by atomic mass is 10.1. The summed E-state index contributed by atoms with van der Waals surface area (Å²) in [6.45, 7) is 1.73. The number of rotatable bonds is 2. The van der Waals surface area contributed by atoms with Crippen molar-refractivity contribution in [1.82, 2.24) is 9.47 Å². The Morgan fingerprint density at radius 3 is 2.75 bits per heavy atom. The molecule has 1 aliphatic heterocycles. The van der Waals surface area contributed by atoms with Gasteiger partial charge in [-0.3, -0.25) is 9.36 Å². The predicted octanol–water partition coefficient (Wildman–Crippen LogP) is 1.69. The molecule has 2 aromatic rings. The highest BCUT2D eigenvalue weighted by Gasteiger charge is 2.17. The number of hydrogen-bond donors (Lipinski definition) is 0. The van der Waals surface area contributed by atoms with Crippen molar-refractivity contribution in [2.45, 2.75) is 25.7 Å². The van der Waals surface area contributed by atoms with Gasteiger partial charge < -0.3 is 9.32 Å². The first-order valence-corrected chi connectivity index (χ1v) is 7.01. The van der Waals surface area contributed by atoms with Crippen molar-refractivity contribution in [2.75, 3.05) is 13.1 Å². The highest BCUT2D eigenvalue weighted by atomic mass is 16.4. The van der Waals surface area contributed by atoms with Crippen LogP contribution in [0, 0.1) is 0 Å². The molecular weight excluding hydrogens is 256 g/mol. The first kappa shape index (κ1) is 13.0. The van der Waals surface area contributed by atoms with Crippen LogP contribution in [0.25, 0.3) is 11.1 Å². The molecule has 0 aliphatic carbocycles. The van der Waals surface area contributed by atoms with Crippen LogP contribution in [0.15, 0.2) is 27.4 Å². The van der Waals surface area contributed by atoms with Gasteiger partial charge in [0.05, 0.1) is 11.9 Å². The fourth-order valence-electron chi connectivity index (χ4n) is 2.71. The summed E-state index contributed by atoms with van der Waals surface area (Å²) in [7, 11) is 1.67. The summed E-state index contributed by atoms with van der Waals surface area (Å²) in [6, 6.07) is 5.48. The van der Waals surface area contributed by atoms with E-state index in [0.717, 1.165) is 37.0 Å². The van der Waals surface area contributed by atoms with Crippen LogP contribution in [0.2, 0.25) is 0 Å². The number of likely N-dealkylation sites (tertiary alicyclic amines) is 1. The Bertz CT molecular complexity index is 693. The van der Waals surface area contributed by atoms with Crippen molar-refractivity contribution in [3.8, 4) is 0 Å². The zero-order valence-corrected chi connectivity index (χ0v) is 11.6. The summed E-state index contributed by atoms with van der Waals surface area (Å²) in [5.41, 5.74) is 2.22. The molecule has 0 spiro atoms. The third-order valence-corrected chi connectivity index (χ3v) is 3.92. The normalized spacial score (nSPS) is 15.8. The van der Waals surface area contributed by atoms with E-state index in [-0.39, 0.29) is 11.7 Å². The third kappa shape index (κ3) is 2.35. The molecule has 0 radical (unpaired) electrons. The maximum Gasteiger partial charge on any atom is 0.419 e. The highest BCUT2D eigenvalue weighted by Crippen LogP contribution is 2.16. The fraction of sp³-hybridized carbons (Fsp3) is 0.467. The molecule has 1 amide bonds. The van der Waals surface area contributed by atoms with Crippen molar-refractivity contribution < 1.29 is 9.21 Å². The second-order valence-corrected chi connectivity index (χ2v) is 5.35. The van der Waals surface area contributed by atoms with E-state index in [9.17, 15) is 9.59 Å². The van der Waals surface area contributed by atoms with Crippen molar-refractivity contribution in [1.29, 1.82) is 0 Å². The van der Waals surface area contributed by atoms with E-state index in [2.05, 4.69) is 0 Å². The number of benzene rings is 1. The van der Waals surface area contributed by atoms with Gasteiger partial charge in [-0.25, -0.2) is 4.79 Å². The van der Waals surface area contributed by atoms with Gasteiger partial charge in [0.15, 0.2) is 5.58 Å². The standard InChI is InChI=1S/C15H18N2O3/c1-16-12-9-11(5-6-13(12)20-15(16)19)10-14(18)17-7-3-2-4-8-17/h5-6,9H,2-4,7-8,10H2,1H3. The summed E-state index contributed by atoms with van der Waals surface area (Å²) < 4.78 is 6.55. The molecule has 0 unspecified atom stereocenters. The average Bonchev–Trinajstić information content (AvgIpc) is 2.75. The van der Waals surface area contributed by atoms with E-state index >= 15 is 0 Å². The van der Waals surface area contributed by atoms with E-state index in [0.29, 0.717) is 12.0 Å². The van der Waals surface area contributed by atoms with E-state index in [1.807, 2.05) is 17.0 Å². The second-order valence-electron chi connectivity index (χ2n) is 5.35. The number of carbonyl (C=O) groups excluding carboxylic acids is 1. The number of aromatic nitrogens is 1. The van der Waals surface area contributed by atoms with Crippen LogP contribution < -0.4 is 5.76 Å². The molecule has 106 valence electrons. The summed E-state index contributed by atoms with van der Waals surface area (Å²) in [4.78, 5) is 25.6. The van der Waals surface area contributed by atoms with Crippen LogP contribution in [0.5, 0.6) is 0 Å².